The Morgan fingerprint density at radius 3 is 2.26 bits per heavy atom. The molecule has 1 aliphatic rings. The summed E-state index contributed by atoms with van der Waals surface area (Å²) in [5, 5.41) is 11.3. The smallest absolute Gasteiger partial charge is 0.224 e. The van der Waals surface area contributed by atoms with E-state index in [4.69, 9.17) is 17.3 Å². The van der Waals surface area contributed by atoms with E-state index < -0.39 is 6.10 Å². The number of likely N-dealkylation sites (tertiary alicyclic amines) is 1. The number of nitrogens with two attached hydrogens (primary N) is 1. The van der Waals surface area contributed by atoms with E-state index in [9.17, 15) is 9.90 Å². The zero-order chi connectivity index (χ0) is 18.5. The highest BCUT2D eigenvalue weighted by atomic mass is 35.5. The van der Waals surface area contributed by atoms with Gasteiger partial charge in [-0.05, 0) is 42.0 Å². The fourth-order valence-corrected chi connectivity index (χ4v) is 3.66. The summed E-state index contributed by atoms with van der Waals surface area (Å²) in [7, 11) is 0. The van der Waals surface area contributed by atoms with Gasteiger partial charge in [0.25, 0.3) is 0 Å². The van der Waals surface area contributed by atoms with Crippen molar-refractivity contribution in [3.05, 3.63) is 70.7 Å². The lowest BCUT2D eigenvalue weighted by atomic mass is 9.87. The number of aliphatic hydroxyl groups is 1. The van der Waals surface area contributed by atoms with E-state index in [1.807, 2.05) is 47.4 Å². The lowest BCUT2D eigenvalue weighted by molar-refractivity contribution is -0.133. The number of carbonyl (C=O) groups is 1. The maximum Gasteiger partial charge on any atom is 0.224 e. The zero-order valence-corrected chi connectivity index (χ0v) is 16.7. The Labute approximate surface area is 171 Å². The van der Waals surface area contributed by atoms with E-state index in [1.54, 1.807) is 12.1 Å². The van der Waals surface area contributed by atoms with Crippen LogP contribution in [0.25, 0.3) is 0 Å². The minimum Gasteiger partial charge on any atom is -0.388 e. The maximum absolute atomic E-state index is 12.5. The van der Waals surface area contributed by atoms with Crippen molar-refractivity contribution in [1.29, 1.82) is 0 Å². The Morgan fingerprint density at radius 2 is 1.67 bits per heavy atom. The third-order valence-corrected chi connectivity index (χ3v) is 5.42. The molecule has 1 fully saturated rings. The first-order chi connectivity index (χ1) is 12.5. The topological polar surface area (TPSA) is 66.6 Å². The van der Waals surface area contributed by atoms with Gasteiger partial charge in [-0.25, -0.2) is 0 Å². The number of hydrogen-bond acceptors (Lipinski definition) is 3. The molecule has 6 heteroatoms. The second-order valence-corrected chi connectivity index (χ2v) is 7.37. The molecule has 0 spiro atoms. The summed E-state index contributed by atoms with van der Waals surface area (Å²) >= 11 is 5.91. The molecule has 2 aromatic rings. The minimum atomic E-state index is -0.518. The summed E-state index contributed by atoms with van der Waals surface area (Å²) in [6.07, 6.45) is 1.37. The van der Waals surface area contributed by atoms with E-state index in [-0.39, 0.29) is 30.3 Å². The molecule has 1 heterocycles. The van der Waals surface area contributed by atoms with Crippen molar-refractivity contribution in [2.45, 2.75) is 31.4 Å². The van der Waals surface area contributed by atoms with Gasteiger partial charge in [-0.1, -0.05) is 54.1 Å². The molecule has 27 heavy (non-hydrogen) atoms. The Bertz CT molecular complexity index is 717. The third-order valence-electron chi connectivity index (χ3n) is 5.17. The number of halogens is 2. The molecule has 0 aromatic heterocycles. The van der Waals surface area contributed by atoms with Gasteiger partial charge in [0.15, 0.2) is 0 Å². The van der Waals surface area contributed by atoms with E-state index in [1.165, 1.54) is 0 Å². The quantitative estimate of drug-likeness (QED) is 0.781. The van der Waals surface area contributed by atoms with Crippen molar-refractivity contribution >= 4 is 29.9 Å². The number of nitrogens with zero attached hydrogens (tertiary/aromatic N) is 1. The molecule has 2 aromatic carbocycles. The van der Waals surface area contributed by atoms with Crippen LogP contribution in [0.15, 0.2) is 54.6 Å². The van der Waals surface area contributed by atoms with Crippen molar-refractivity contribution in [2.24, 2.45) is 11.7 Å². The summed E-state index contributed by atoms with van der Waals surface area (Å²) in [6, 6.07) is 16.8. The molecule has 3 N–H and O–H groups in total. The Hall–Kier alpha value is -1.59. The van der Waals surface area contributed by atoms with E-state index in [2.05, 4.69) is 0 Å². The fourth-order valence-electron chi connectivity index (χ4n) is 3.53. The summed E-state index contributed by atoms with van der Waals surface area (Å²) in [6.45, 7) is 1.32. The van der Waals surface area contributed by atoms with Gasteiger partial charge in [-0.2, -0.15) is 0 Å². The van der Waals surface area contributed by atoms with Gasteiger partial charge < -0.3 is 15.7 Å². The number of carbonyl (C=O) groups excluding carboxylic acids is 1. The van der Waals surface area contributed by atoms with Crippen molar-refractivity contribution in [1.82, 2.24) is 4.90 Å². The van der Waals surface area contributed by atoms with Crippen LogP contribution >= 0.6 is 24.0 Å². The van der Waals surface area contributed by atoms with Crippen LogP contribution in [0.3, 0.4) is 0 Å². The normalized spacial score (nSPS) is 17.1. The predicted molar refractivity (Wildman–Crippen MR) is 111 cm³/mol. The van der Waals surface area contributed by atoms with Crippen LogP contribution < -0.4 is 5.73 Å². The number of benzene rings is 2. The highest BCUT2D eigenvalue weighted by molar-refractivity contribution is 6.30. The number of amides is 1. The molecule has 0 aliphatic carbocycles. The number of hydrogen-bond donors (Lipinski definition) is 2. The number of rotatable bonds is 5. The Morgan fingerprint density at radius 1 is 1.07 bits per heavy atom. The number of aliphatic hydroxyl groups excluding tert-OH is 1. The average molecular weight is 409 g/mol. The van der Waals surface area contributed by atoms with Gasteiger partial charge in [0.2, 0.25) is 5.91 Å². The molecule has 146 valence electrons. The van der Waals surface area contributed by atoms with Gasteiger partial charge in [0, 0.05) is 30.6 Å². The second kappa shape index (κ2) is 10.1. The highest BCUT2D eigenvalue weighted by Crippen LogP contribution is 2.31. The molecule has 1 aliphatic heterocycles. The standard InChI is InChI=1S/C21H25ClN2O2.ClH/c22-18-8-6-16(7-9-18)21(26)17-10-12-24(13-11-17)20(25)14-19(23)15-4-2-1-3-5-15;/h1-9,17,19,21,26H,10-14,23H2;1H. The first-order valence-corrected chi connectivity index (χ1v) is 9.44. The monoisotopic (exact) mass is 408 g/mol. The van der Waals surface area contributed by atoms with Crippen molar-refractivity contribution in [3.8, 4) is 0 Å². The zero-order valence-electron chi connectivity index (χ0n) is 15.1. The summed E-state index contributed by atoms with van der Waals surface area (Å²) in [4.78, 5) is 14.4. The molecule has 2 unspecified atom stereocenters. The molecular weight excluding hydrogens is 383 g/mol. The summed E-state index contributed by atoms with van der Waals surface area (Å²) in [5.41, 5.74) is 8.03. The molecule has 3 rings (SSSR count). The first kappa shape index (κ1) is 21.7. The Kier molecular flexibility index (Phi) is 8.11. The predicted octanol–water partition coefficient (Wildman–Crippen LogP) is 4.12. The van der Waals surface area contributed by atoms with E-state index in [0.29, 0.717) is 24.5 Å². The average Bonchev–Trinajstić information content (AvgIpc) is 2.69. The van der Waals surface area contributed by atoms with Crippen LogP contribution in [0.5, 0.6) is 0 Å². The van der Waals surface area contributed by atoms with Crippen molar-refractivity contribution in [2.75, 3.05) is 13.1 Å². The van der Waals surface area contributed by atoms with Gasteiger partial charge in [0.05, 0.1) is 6.10 Å². The minimum absolute atomic E-state index is 0. The molecule has 1 amide bonds. The fraction of sp³-hybridized carbons (Fsp3) is 0.381. The van der Waals surface area contributed by atoms with Crippen molar-refractivity contribution in [3.63, 3.8) is 0 Å². The molecule has 2 atom stereocenters. The highest BCUT2D eigenvalue weighted by Gasteiger charge is 2.28. The largest absolute Gasteiger partial charge is 0.388 e. The summed E-state index contributed by atoms with van der Waals surface area (Å²) in [5.74, 6) is 0.240. The van der Waals surface area contributed by atoms with Crippen LogP contribution in [0.4, 0.5) is 0 Å². The lowest BCUT2D eigenvalue weighted by Gasteiger charge is -2.35. The van der Waals surface area contributed by atoms with Crippen LogP contribution in [-0.4, -0.2) is 29.0 Å². The van der Waals surface area contributed by atoms with Crippen LogP contribution in [0, 0.1) is 5.92 Å². The van der Waals surface area contributed by atoms with Gasteiger partial charge in [-0.15, -0.1) is 12.4 Å². The van der Waals surface area contributed by atoms with Gasteiger partial charge in [0.1, 0.15) is 0 Å². The Balaban J connectivity index is 0.00000261. The molecular formula is C21H26Cl2N2O2. The van der Waals surface area contributed by atoms with Gasteiger partial charge in [-0.3, -0.25) is 4.79 Å². The second-order valence-electron chi connectivity index (χ2n) is 6.94. The molecule has 0 radical (unpaired) electrons. The van der Waals surface area contributed by atoms with E-state index >= 15 is 0 Å². The molecule has 4 nitrogen and oxygen atoms in total. The molecule has 1 saturated heterocycles. The third kappa shape index (κ3) is 5.69. The van der Waals surface area contributed by atoms with Crippen molar-refractivity contribution < 1.29 is 9.90 Å². The molecule has 0 saturated carbocycles. The van der Waals surface area contributed by atoms with E-state index in [0.717, 1.165) is 24.0 Å². The maximum atomic E-state index is 12.5. The SMILES string of the molecule is Cl.NC(CC(=O)N1CCC(C(O)c2ccc(Cl)cc2)CC1)c1ccccc1. The first-order valence-electron chi connectivity index (χ1n) is 9.06. The lowest BCUT2D eigenvalue weighted by Crippen LogP contribution is -2.40. The van der Waals surface area contributed by atoms with Crippen LogP contribution in [0.1, 0.15) is 42.5 Å². The van der Waals surface area contributed by atoms with Crippen LogP contribution in [0.2, 0.25) is 5.02 Å². The van der Waals surface area contributed by atoms with Gasteiger partial charge >= 0.3 is 0 Å². The summed E-state index contributed by atoms with van der Waals surface area (Å²) < 4.78 is 0. The molecule has 0 bridgehead atoms. The number of piperidine rings is 1. The van der Waals surface area contributed by atoms with Crippen LogP contribution in [-0.2, 0) is 4.79 Å².